The van der Waals surface area contributed by atoms with Crippen molar-refractivity contribution < 1.29 is 17.9 Å². The molecule has 5 rings (SSSR count). The number of fused-ring (bicyclic) bond motifs is 3. The zero-order valence-electron chi connectivity index (χ0n) is 20.9. The lowest BCUT2D eigenvalue weighted by Crippen LogP contribution is -2.20. The Bertz CT molecular complexity index is 1760. The summed E-state index contributed by atoms with van der Waals surface area (Å²) < 4.78 is 35.8. The van der Waals surface area contributed by atoms with E-state index in [-0.39, 0.29) is 17.4 Å². The van der Waals surface area contributed by atoms with Gasteiger partial charge >= 0.3 is 0 Å². The molecule has 2 N–H and O–H groups in total. The van der Waals surface area contributed by atoms with Crippen LogP contribution >= 0.6 is 11.6 Å². The minimum Gasteiger partial charge on any atom is -0.484 e. The molecule has 1 aromatic heterocycles. The van der Waals surface area contributed by atoms with E-state index in [0.29, 0.717) is 22.1 Å². The molecule has 0 spiro atoms. The molecular formula is C29H26ClN3O4S. The highest BCUT2D eigenvalue weighted by Crippen LogP contribution is 2.31. The van der Waals surface area contributed by atoms with Gasteiger partial charge in [0.1, 0.15) is 5.75 Å². The molecular weight excluding hydrogens is 522 g/mol. The third-order valence-electron chi connectivity index (χ3n) is 6.30. The second-order valence-corrected chi connectivity index (χ2v) is 11.0. The number of nitrogens with zero attached hydrogens (tertiary/aromatic N) is 1. The molecule has 0 fully saturated rings. The van der Waals surface area contributed by atoms with Crippen LogP contribution < -0.4 is 14.8 Å². The second kappa shape index (κ2) is 10.4. The number of nitrogens with one attached hydrogen (secondary N) is 2. The normalized spacial score (nSPS) is 11.6. The zero-order chi connectivity index (χ0) is 26.9. The fourth-order valence-electron chi connectivity index (χ4n) is 4.40. The molecule has 0 aliphatic rings. The van der Waals surface area contributed by atoms with Crippen LogP contribution in [0.15, 0.2) is 89.8 Å². The monoisotopic (exact) mass is 547 g/mol. The molecule has 0 unspecified atom stereocenters. The van der Waals surface area contributed by atoms with Crippen molar-refractivity contribution >= 4 is 60.7 Å². The number of benzene rings is 4. The third kappa shape index (κ3) is 5.18. The van der Waals surface area contributed by atoms with E-state index in [1.165, 1.54) is 24.3 Å². The molecule has 0 saturated heterocycles. The average molecular weight is 548 g/mol. The number of anilines is 2. The maximum Gasteiger partial charge on any atom is 0.262 e. The zero-order valence-corrected chi connectivity index (χ0v) is 22.4. The molecule has 4 aromatic carbocycles. The Morgan fingerprint density at radius 3 is 2.34 bits per heavy atom. The lowest BCUT2D eigenvalue weighted by Gasteiger charge is -2.11. The van der Waals surface area contributed by atoms with Crippen molar-refractivity contribution in [3.05, 3.63) is 95.5 Å². The molecule has 9 heteroatoms. The molecule has 7 nitrogen and oxygen atoms in total. The van der Waals surface area contributed by atoms with Crippen molar-refractivity contribution in [1.82, 2.24) is 4.57 Å². The number of hydrogen-bond donors (Lipinski definition) is 2. The maximum absolute atomic E-state index is 12.7. The number of halogens is 1. The van der Waals surface area contributed by atoms with Crippen molar-refractivity contribution in [3.63, 3.8) is 0 Å². The molecule has 1 heterocycles. The number of para-hydroxylation sites is 1. The van der Waals surface area contributed by atoms with Crippen LogP contribution in [0.25, 0.3) is 21.8 Å². The van der Waals surface area contributed by atoms with Gasteiger partial charge in [0, 0.05) is 39.1 Å². The van der Waals surface area contributed by atoms with Crippen LogP contribution in [0, 0.1) is 6.92 Å². The number of hydrogen-bond acceptors (Lipinski definition) is 4. The van der Waals surface area contributed by atoms with Gasteiger partial charge in [-0.1, -0.05) is 35.9 Å². The standard InChI is InChI=1S/C29H26ClN3O4S/c1-3-33-27-7-5-4-6-24(27)25-16-20(10-15-28(25)33)31-29(34)18-37-22-11-13-23(14-12-22)38(35,36)32-21-9-8-19(2)26(30)17-21/h4-17,32H,3,18H2,1-2H3,(H,31,34). The molecule has 0 aliphatic carbocycles. The largest absolute Gasteiger partial charge is 0.484 e. The summed E-state index contributed by atoms with van der Waals surface area (Å²) in [5, 5.41) is 5.55. The first-order valence-electron chi connectivity index (χ1n) is 12.1. The highest BCUT2D eigenvalue weighted by molar-refractivity contribution is 7.92. The fourth-order valence-corrected chi connectivity index (χ4v) is 5.63. The number of carbonyl (C=O) groups excluding carboxylic acids is 1. The van der Waals surface area contributed by atoms with Crippen LogP contribution in [0.4, 0.5) is 11.4 Å². The first-order valence-corrected chi connectivity index (χ1v) is 13.9. The van der Waals surface area contributed by atoms with Gasteiger partial charge in [0.25, 0.3) is 15.9 Å². The number of rotatable bonds is 8. The Morgan fingerprint density at radius 2 is 1.61 bits per heavy atom. The smallest absolute Gasteiger partial charge is 0.262 e. The van der Waals surface area contributed by atoms with Crippen molar-refractivity contribution in [1.29, 1.82) is 0 Å². The predicted molar refractivity (Wildman–Crippen MR) is 153 cm³/mol. The number of sulfonamides is 1. The minimum atomic E-state index is -3.81. The summed E-state index contributed by atoms with van der Waals surface area (Å²) in [5.74, 6) is 0.0529. The van der Waals surface area contributed by atoms with Gasteiger partial charge < -0.3 is 14.6 Å². The molecule has 1 amide bonds. The van der Waals surface area contributed by atoms with Gasteiger partial charge in [-0.3, -0.25) is 9.52 Å². The molecule has 38 heavy (non-hydrogen) atoms. The first kappa shape index (κ1) is 25.6. The van der Waals surface area contributed by atoms with E-state index in [0.717, 1.165) is 33.9 Å². The van der Waals surface area contributed by atoms with E-state index in [1.54, 1.807) is 18.2 Å². The van der Waals surface area contributed by atoms with Crippen LogP contribution in [-0.4, -0.2) is 25.5 Å². The Hall–Kier alpha value is -4.01. The van der Waals surface area contributed by atoms with Gasteiger partial charge in [-0.05, 0) is 80.1 Å². The molecule has 0 aliphatic heterocycles. The SMILES string of the molecule is CCn1c2ccccc2c2cc(NC(=O)COc3ccc(S(=O)(=O)Nc4ccc(C)c(Cl)c4)cc3)ccc21. The first-order chi connectivity index (χ1) is 18.2. The quantitative estimate of drug-likeness (QED) is 0.229. The Morgan fingerprint density at radius 1 is 0.895 bits per heavy atom. The summed E-state index contributed by atoms with van der Waals surface area (Å²) in [6, 6.07) is 24.8. The number of ether oxygens (including phenoxy) is 1. The molecule has 194 valence electrons. The van der Waals surface area contributed by atoms with Crippen molar-refractivity contribution in [2.75, 3.05) is 16.6 Å². The van der Waals surface area contributed by atoms with Gasteiger partial charge in [-0.15, -0.1) is 0 Å². The fraction of sp³-hybridized carbons (Fsp3) is 0.138. The summed E-state index contributed by atoms with van der Waals surface area (Å²) in [6.45, 7) is 4.57. The van der Waals surface area contributed by atoms with Crippen LogP contribution in [0.3, 0.4) is 0 Å². The van der Waals surface area contributed by atoms with Crippen LogP contribution in [0.5, 0.6) is 5.75 Å². The predicted octanol–water partition coefficient (Wildman–Crippen LogP) is 6.59. The summed E-state index contributed by atoms with van der Waals surface area (Å²) in [6.07, 6.45) is 0. The van der Waals surface area contributed by atoms with E-state index in [9.17, 15) is 13.2 Å². The average Bonchev–Trinajstić information content (AvgIpc) is 3.22. The van der Waals surface area contributed by atoms with Gasteiger partial charge in [0.05, 0.1) is 10.6 Å². The molecule has 5 aromatic rings. The van der Waals surface area contributed by atoms with Crippen LogP contribution in [0.2, 0.25) is 5.02 Å². The summed E-state index contributed by atoms with van der Waals surface area (Å²) in [5.41, 5.74) is 4.16. The van der Waals surface area contributed by atoms with E-state index in [1.807, 2.05) is 37.3 Å². The van der Waals surface area contributed by atoms with Gasteiger partial charge in [0.2, 0.25) is 0 Å². The highest BCUT2D eigenvalue weighted by atomic mass is 35.5. The van der Waals surface area contributed by atoms with Gasteiger partial charge in [-0.2, -0.15) is 0 Å². The van der Waals surface area contributed by atoms with Crippen molar-refractivity contribution in [3.8, 4) is 5.75 Å². The van der Waals surface area contributed by atoms with E-state index >= 15 is 0 Å². The lowest BCUT2D eigenvalue weighted by atomic mass is 10.1. The molecule has 0 bridgehead atoms. The second-order valence-electron chi connectivity index (χ2n) is 8.87. The molecule has 0 atom stereocenters. The Balaban J connectivity index is 1.23. The van der Waals surface area contributed by atoms with Crippen LogP contribution in [-0.2, 0) is 21.4 Å². The summed E-state index contributed by atoms with van der Waals surface area (Å²) >= 11 is 6.09. The lowest BCUT2D eigenvalue weighted by molar-refractivity contribution is -0.118. The van der Waals surface area contributed by atoms with Gasteiger partial charge in [0.15, 0.2) is 6.61 Å². The van der Waals surface area contributed by atoms with Gasteiger partial charge in [-0.25, -0.2) is 8.42 Å². The maximum atomic E-state index is 12.7. The third-order valence-corrected chi connectivity index (χ3v) is 8.10. The number of carbonyl (C=O) groups is 1. The highest BCUT2D eigenvalue weighted by Gasteiger charge is 2.15. The van der Waals surface area contributed by atoms with E-state index in [2.05, 4.69) is 33.7 Å². The number of aromatic nitrogens is 1. The van der Waals surface area contributed by atoms with E-state index in [4.69, 9.17) is 16.3 Å². The Labute approximate surface area is 226 Å². The molecule has 0 radical (unpaired) electrons. The van der Waals surface area contributed by atoms with Crippen molar-refractivity contribution in [2.45, 2.75) is 25.3 Å². The van der Waals surface area contributed by atoms with E-state index < -0.39 is 10.0 Å². The summed E-state index contributed by atoms with van der Waals surface area (Å²) in [7, 11) is -3.81. The number of amides is 1. The van der Waals surface area contributed by atoms with Crippen molar-refractivity contribution in [2.24, 2.45) is 0 Å². The summed E-state index contributed by atoms with van der Waals surface area (Å²) in [4.78, 5) is 12.6. The Kier molecular flexibility index (Phi) is 7.01. The van der Waals surface area contributed by atoms with Crippen LogP contribution in [0.1, 0.15) is 12.5 Å². The topological polar surface area (TPSA) is 89.4 Å². The minimum absolute atomic E-state index is 0.0607. The number of aryl methyl sites for hydroxylation is 2. The molecule has 0 saturated carbocycles.